The molecule has 0 saturated carbocycles. The van der Waals surface area contributed by atoms with Crippen LogP contribution in [0.25, 0.3) is 5.52 Å². The summed E-state index contributed by atoms with van der Waals surface area (Å²) in [5.74, 6) is 0.151. The third kappa shape index (κ3) is 3.68. The Balaban J connectivity index is 1.72. The van der Waals surface area contributed by atoms with Crippen LogP contribution in [0.5, 0.6) is 0 Å². The first-order valence-electron chi connectivity index (χ1n) is 8.38. The lowest BCUT2D eigenvalue weighted by atomic mass is 10.1. The fourth-order valence-corrected chi connectivity index (χ4v) is 3.17. The minimum absolute atomic E-state index is 0.0846. The van der Waals surface area contributed by atoms with Crippen LogP contribution in [0.4, 0.5) is 5.69 Å². The molecular formula is C17H25N5O2. The maximum absolute atomic E-state index is 11.7. The van der Waals surface area contributed by atoms with E-state index in [1.165, 1.54) is 6.20 Å². The summed E-state index contributed by atoms with van der Waals surface area (Å²) in [6, 6.07) is 3.80. The second kappa shape index (κ2) is 7.19. The van der Waals surface area contributed by atoms with E-state index in [9.17, 15) is 4.79 Å². The Morgan fingerprint density at radius 2 is 2.38 bits per heavy atom. The van der Waals surface area contributed by atoms with Crippen molar-refractivity contribution in [1.29, 1.82) is 0 Å². The predicted molar refractivity (Wildman–Crippen MR) is 93.2 cm³/mol. The summed E-state index contributed by atoms with van der Waals surface area (Å²) in [6.07, 6.45) is 3.43. The van der Waals surface area contributed by atoms with E-state index >= 15 is 0 Å². The van der Waals surface area contributed by atoms with Crippen molar-refractivity contribution in [2.75, 3.05) is 38.1 Å². The van der Waals surface area contributed by atoms with E-state index in [1.54, 1.807) is 4.52 Å². The van der Waals surface area contributed by atoms with Crippen molar-refractivity contribution < 1.29 is 9.53 Å². The molecule has 1 saturated heterocycles. The van der Waals surface area contributed by atoms with Gasteiger partial charge >= 0.3 is 0 Å². The van der Waals surface area contributed by atoms with Crippen molar-refractivity contribution in [2.24, 2.45) is 11.7 Å². The molecule has 1 fully saturated rings. The molecule has 0 aliphatic carbocycles. The number of nitrogens with zero attached hydrogens (tertiary/aromatic N) is 3. The number of hydrogen-bond donors (Lipinski definition) is 2. The van der Waals surface area contributed by atoms with Gasteiger partial charge in [0, 0.05) is 32.4 Å². The van der Waals surface area contributed by atoms with Crippen LogP contribution in [0.1, 0.15) is 24.2 Å². The number of carbonyl (C=O) groups excluding carboxylic acids is 1. The van der Waals surface area contributed by atoms with Crippen LogP contribution in [0.3, 0.4) is 0 Å². The number of nitrogens with one attached hydrogen (secondary N) is 1. The van der Waals surface area contributed by atoms with Gasteiger partial charge < -0.3 is 15.8 Å². The van der Waals surface area contributed by atoms with Gasteiger partial charge in [-0.25, -0.2) is 4.52 Å². The molecule has 0 spiro atoms. The number of ether oxygens (including phenoxy) is 1. The number of carbonyl (C=O) groups is 1. The van der Waals surface area contributed by atoms with Crippen LogP contribution in [0.2, 0.25) is 0 Å². The lowest BCUT2D eigenvalue weighted by Crippen LogP contribution is -2.46. The molecule has 1 aliphatic rings. The van der Waals surface area contributed by atoms with Crippen molar-refractivity contribution in [3.8, 4) is 0 Å². The number of fused-ring (bicyclic) bond motifs is 1. The van der Waals surface area contributed by atoms with Gasteiger partial charge in [0.15, 0.2) is 0 Å². The summed E-state index contributed by atoms with van der Waals surface area (Å²) in [5, 5.41) is 7.55. The fraction of sp³-hybridized carbons (Fsp3) is 0.529. The standard InChI is InChI=1S/C17H25N5O2/c1-12(2)10-21-6-7-24-13(11-21)8-19-16-14(17(18)23)9-20-22-5-3-4-15(16)22/h3-5,9,12-13,19H,6-8,10-11H2,1-2H3,(H2,18,23). The Morgan fingerprint density at radius 1 is 1.54 bits per heavy atom. The van der Waals surface area contributed by atoms with E-state index in [1.807, 2.05) is 18.3 Å². The lowest BCUT2D eigenvalue weighted by molar-refractivity contribution is -0.0244. The SMILES string of the molecule is CC(C)CN1CCOC(CNc2c(C(N)=O)cnn3cccc23)C1. The molecule has 1 aliphatic heterocycles. The maximum atomic E-state index is 11.7. The number of anilines is 1. The Morgan fingerprint density at radius 3 is 3.12 bits per heavy atom. The fourth-order valence-electron chi connectivity index (χ4n) is 3.17. The van der Waals surface area contributed by atoms with E-state index in [-0.39, 0.29) is 6.10 Å². The quantitative estimate of drug-likeness (QED) is 0.831. The molecule has 7 heteroatoms. The van der Waals surface area contributed by atoms with Crippen molar-refractivity contribution in [3.63, 3.8) is 0 Å². The van der Waals surface area contributed by atoms with Gasteiger partial charge in [-0.3, -0.25) is 9.69 Å². The van der Waals surface area contributed by atoms with Gasteiger partial charge in [0.2, 0.25) is 0 Å². The van der Waals surface area contributed by atoms with E-state index in [0.717, 1.165) is 31.8 Å². The van der Waals surface area contributed by atoms with Crippen LogP contribution >= 0.6 is 0 Å². The molecule has 2 aromatic rings. The first-order valence-corrected chi connectivity index (χ1v) is 8.38. The third-order valence-corrected chi connectivity index (χ3v) is 4.18. The number of nitrogens with two attached hydrogens (primary N) is 1. The number of primary amides is 1. The third-order valence-electron chi connectivity index (χ3n) is 4.18. The number of aromatic nitrogens is 2. The van der Waals surface area contributed by atoms with E-state index < -0.39 is 5.91 Å². The summed E-state index contributed by atoms with van der Waals surface area (Å²) in [6.45, 7) is 8.74. The zero-order valence-corrected chi connectivity index (χ0v) is 14.2. The molecule has 24 heavy (non-hydrogen) atoms. The van der Waals surface area contributed by atoms with Crippen molar-refractivity contribution in [2.45, 2.75) is 20.0 Å². The summed E-state index contributed by atoms with van der Waals surface area (Å²) in [7, 11) is 0. The molecule has 1 unspecified atom stereocenters. The zero-order chi connectivity index (χ0) is 17.1. The number of hydrogen-bond acceptors (Lipinski definition) is 5. The van der Waals surface area contributed by atoms with Gasteiger partial charge in [-0.05, 0) is 18.1 Å². The molecular weight excluding hydrogens is 306 g/mol. The highest BCUT2D eigenvalue weighted by Crippen LogP contribution is 2.22. The summed E-state index contributed by atoms with van der Waals surface area (Å²) in [4.78, 5) is 14.1. The number of morpholine rings is 1. The number of rotatable bonds is 6. The molecule has 2 aromatic heterocycles. The molecule has 7 nitrogen and oxygen atoms in total. The second-order valence-corrected chi connectivity index (χ2v) is 6.66. The van der Waals surface area contributed by atoms with E-state index in [4.69, 9.17) is 10.5 Å². The van der Waals surface area contributed by atoms with Gasteiger partial charge in [0.05, 0.1) is 35.7 Å². The summed E-state index contributed by atoms with van der Waals surface area (Å²) in [5.41, 5.74) is 7.44. The maximum Gasteiger partial charge on any atom is 0.252 e. The first kappa shape index (κ1) is 16.7. The van der Waals surface area contributed by atoms with Crippen LogP contribution in [-0.4, -0.2) is 59.3 Å². The van der Waals surface area contributed by atoms with Gasteiger partial charge in [-0.15, -0.1) is 0 Å². The van der Waals surface area contributed by atoms with Crippen LogP contribution in [-0.2, 0) is 4.74 Å². The van der Waals surface area contributed by atoms with E-state index in [2.05, 4.69) is 29.2 Å². The topological polar surface area (TPSA) is 84.9 Å². The molecule has 130 valence electrons. The Hall–Kier alpha value is -2.12. The van der Waals surface area contributed by atoms with Crippen molar-refractivity contribution >= 4 is 17.1 Å². The van der Waals surface area contributed by atoms with E-state index in [0.29, 0.717) is 23.7 Å². The normalized spacial score (nSPS) is 19.0. The molecule has 0 aromatic carbocycles. The monoisotopic (exact) mass is 331 g/mol. The zero-order valence-electron chi connectivity index (χ0n) is 14.2. The van der Waals surface area contributed by atoms with Gasteiger partial charge in [0.1, 0.15) is 0 Å². The smallest absolute Gasteiger partial charge is 0.252 e. The molecule has 0 bridgehead atoms. The molecule has 3 N–H and O–H groups in total. The average Bonchev–Trinajstić information content (AvgIpc) is 3.00. The average molecular weight is 331 g/mol. The van der Waals surface area contributed by atoms with Crippen molar-refractivity contribution in [1.82, 2.24) is 14.5 Å². The lowest BCUT2D eigenvalue weighted by Gasteiger charge is -2.34. The Kier molecular flexibility index (Phi) is 5.01. The Labute approximate surface area is 141 Å². The molecule has 1 atom stereocenters. The molecule has 1 amide bonds. The molecule has 3 heterocycles. The van der Waals surface area contributed by atoms with Crippen molar-refractivity contribution in [3.05, 3.63) is 30.1 Å². The molecule has 3 rings (SSSR count). The summed E-state index contributed by atoms with van der Waals surface area (Å²) >= 11 is 0. The highest BCUT2D eigenvalue weighted by molar-refractivity contribution is 6.01. The highest BCUT2D eigenvalue weighted by atomic mass is 16.5. The highest BCUT2D eigenvalue weighted by Gasteiger charge is 2.22. The summed E-state index contributed by atoms with van der Waals surface area (Å²) < 4.78 is 7.59. The molecule has 0 radical (unpaired) electrons. The largest absolute Gasteiger partial charge is 0.380 e. The predicted octanol–water partition coefficient (Wildman–Crippen LogP) is 1.20. The Bertz CT molecular complexity index is 712. The first-order chi connectivity index (χ1) is 11.5. The number of amides is 1. The van der Waals surface area contributed by atoms with Gasteiger partial charge in [0.25, 0.3) is 5.91 Å². The van der Waals surface area contributed by atoms with Gasteiger partial charge in [-0.2, -0.15) is 5.10 Å². The minimum Gasteiger partial charge on any atom is -0.380 e. The van der Waals surface area contributed by atoms with Crippen LogP contribution in [0.15, 0.2) is 24.5 Å². The second-order valence-electron chi connectivity index (χ2n) is 6.66. The minimum atomic E-state index is -0.486. The van der Waals surface area contributed by atoms with Crippen LogP contribution < -0.4 is 11.1 Å². The van der Waals surface area contributed by atoms with Gasteiger partial charge in [-0.1, -0.05) is 13.8 Å². The van der Waals surface area contributed by atoms with Crippen LogP contribution in [0, 0.1) is 5.92 Å².